The van der Waals surface area contributed by atoms with E-state index in [1.807, 2.05) is 0 Å². The van der Waals surface area contributed by atoms with E-state index >= 15 is 0 Å². The van der Waals surface area contributed by atoms with Gasteiger partial charge >= 0.3 is 5.97 Å². The van der Waals surface area contributed by atoms with Gasteiger partial charge in [-0.3, -0.25) is 0 Å². The molecule has 0 heterocycles. The van der Waals surface area contributed by atoms with Gasteiger partial charge in [0.05, 0.1) is 12.2 Å². The first kappa shape index (κ1) is 19.2. The minimum absolute atomic E-state index is 0.0258. The number of carbonyl (C=O) groups is 2. The van der Waals surface area contributed by atoms with Gasteiger partial charge in [-0.25, -0.2) is 4.79 Å². The first-order chi connectivity index (χ1) is 9.84. The molecule has 4 atom stereocenters. The molecule has 8 heteroatoms. The topological polar surface area (TPSA) is 156 Å². The number of hydrogen-bond acceptors (Lipinski definition) is 7. The molecule has 1 rings (SSSR count). The van der Waals surface area contributed by atoms with Crippen LogP contribution in [0.5, 0.6) is 0 Å². The monoisotopic (exact) mass is 302 g/mol. The van der Waals surface area contributed by atoms with Gasteiger partial charge in [-0.05, 0) is 12.1 Å². The predicted octanol–water partition coefficient (Wildman–Crippen LogP) is -1.99. The lowest BCUT2D eigenvalue weighted by atomic mass is 10.0. The summed E-state index contributed by atoms with van der Waals surface area (Å²) >= 11 is 0. The van der Waals surface area contributed by atoms with E-state index in [1.54, 1.807) is 30.3 Å². The summed E-state index contributed by atoms with van der Waals surface area (Å²) in [6.07, 6.45) is -6.84. The number of aldehydes is 1. The number of benzene rings is 1. The lowest BCUT2D eigenvalue weighted by Crippen LogP contribution is -2.46. The van der Waals surface area contributed by atoms with Crippen molar-refractivity contribution in [3.05, 3.63) is 35.9 Å². The smallest absolute Gasteiger partial charge is 0.335 e. The summed E-state index contributed by atoms with van der Waals surface area (Å²) in [5.41, 5.74) is 0.331. The molecule has 6 N–H and O–H groups in total. The third-order valence-corrected chi connectivity index (χ3v) is 2.44. The summed E-state index contributed by atoms with van der Waals surface area (Å²) in [6.45, 7) is -0.760. The van der Waals surface area contributed by atoms with Crippen LogP contribution in [-0.2, 0) is 4.79 Å². The maximum absolute atomic E-state index is 10.2. The molecule has 0 amide bonds. The van der Waals surface area contributed by atoms with Crippen LogP contribution in [0, 0.1) is 0 Å². The Morgan fingerprint density at radius 1 is 1.05 bits per heavy atom. The zero-order chi connectivity index (χ0) is 16.4. The molecule has 118 valence electrons. The largest absolute Gasteiger partial charge is 0.478 e. The third kappa shape index (κ3) is 6.93. The maximum atomic E-state index is 10.2. The molecule has 8 nitrogen and oxygen atoms in total. The van der Waals surface area contributed by atoms with Crippen LogP contribution in [0.1, 0.15) is 10.4 Å². The number of aliphatic hydroxyl groups excluding tert-OH is 5. The predicted molar refractivity (Wildman–Crippen MR) is 70.6 cm³/mol. The van der Waals surface area contributed by atoms with Gasteiger partial charge in [0.25, 0.3) is 0 Å². The summed E-state index contributed by atoms with van der Waals surface area (Å²) in [4.78, 5) is 20.1. The minimum Gasteiger partial charge on any atom is -0.478 e. The van der Waals surface area contributed by atoms with E-state index in [1.165, 1.54) is 0 Å². The van der Waals surface area contributed by atoms with E-state index in [0.29, 0.717) is 5.56 Å². The fraction of sp³-hybridized carbons (Fsp3) is 0.385. The number of carbonyl (C=O) groups excluding carboxylic acids is 1. The highest BCUT2D eigenvalue weighted by Gasteiger charge is 2.29. The minimum atomic E-state index is -1.79. The highest BCUT2D eigenvalue weighted by atomic mass is 16.4. The lowest BCUT2D eigenvalue weighted by molar-refractivity contribution is -0.136. The van der Waals surface area contributed by atoms with E-state index in [2.05, 4.69) is 0 Å². The summed E-state index contributed by atoms with van der Waals surface area (Å²) in [6, 6.07) is 8.30. The summed E-state index contributed by atoms with van der Waals surface area (Å²) < 4.78 is 0. The maximum Gasteiger partial charge on any atom is 0.335 e. The van der Waals surface area contributed by atoms with Crippen molar-refractivity contribution in [2.24, 2.45) is 0 Å². The van der Waals surface area contributed by atoms with Gasteiger partial charge in [-0.1, -0.05) is 18.2 Å². The van der Waals surface area contributed by atoms with Crippen molar-refractivity contribution < 1.29 is 40.2 Å². The number of aliphatic hydroxyl groups is 5. The molecule has 0 unspecified atom stereocenters. The molecular formula is C13H18O8. The first-order valence-electron chi connectivity index (χ1n) is 5.91. The zero-order valence-electron chi connectivity index (χ0n) is 11.0. The highest BCUT2D eigenvalue weighted by molar-refractivity contribution is 5.87. The van der Waals surface area contributed by atoms with Gasteiger partial charge in [0.1, 0.15) is 24.4 Å². The average Bonchev–Trinajstić information content (AvgIpc) is 2.53. The van der Waals surface area contributed by atoms with E-state index in [0.717, 1.165) is 0 Å². The average molecular weight is 302 g/mol. The van der Waals surface area contributed by atoms with Crippen LogP contribution >= 0.6 is 0 Å². The quantitative estimate of drug-likeness (QED) is 0.330. The normalized spacial score (nSPS) is 15.9. The van der Waals surface area contributed by atoms with Crippen molar-refractivity contribution in [3.8, 4) is 0 Å². The van der Waals surface area contributed by atoms with Gasteiger partial charge in [0, 0.05) is 0 Å². The molecule has 1 aromatic carbocycles. The van der Waals surface area contributed by atoms with Crippen molar-refractivity contribution in [1.29, 1.82) is 0 Å². The van der Waals surface area contributed by atoms with E-state index in [-0.39, 0.29) is 6.29 Å². The Hall–Kier alpha value is -1.84. The summed E-state index contributed by atoms with van der Waals surface area (Å²) in [7, 11) is 0. The first-order valence-corrected chi connectivity index (χ1v) is 5.91. The van der Waals surface area contributed by atoms with Crippen LogP contribution in [0.3, 0.4) is 0 Å². The van der Waals surface area contributed by atoms with Crippen molar-refractivity contribution in [2.75, 3.05) is 6.61 Å². The van der Waals surface area contributed by atoms with Crippen molar-refractivity contribution in [3.63, 3.8) is 0 Å². The lowest BCUT2D eigenvalue weighted by Gasteiger charge is -2.22. The molecule has 21 heavy (non-hydrogen) atoms. The van der Waals surface area contributed by atoms with Gasteiger partial charge in [0.15, 0.2) is 6.29 Å². The van der Waals surface area contributed by atoms with E-state index in [4.69, 9.17) is 30.6 Å². The van der Waals surface area contributed by atoms with Crippen LogP contribution in [0.4, 0.5) is 0 Å². The molecule has 0 aliphatic heterocycles. The molecular weight excluding hydrogens is 284 g/mol. The Bertz CT molecular complexity index is 421. The number of carboxylic acids is 1. The zero-order valence-corrected chi connectivity index (χ0v) is 11.0. The number of hydrogen-bond donors (Lipinski definition) is 6. The van der Waals surface area contributed by atoms with E-state index in [9.17, 15) is 9.59 Å². The number of aromatic carboxylic acids is 1. The second-order valence-corrected chi connectivity index (χ2v) is 4.03. The molecule has 0 saturated heterocycles. The second-order valence-electron chi connectivity index (χ2n) is 4.03. The Kier molecular flexibility index (Phi) is 9.10. The molecule has 0 bridgehead atoms. The molecule has 0 aromatic heterocycles. The third-order valence-electron chi connectivity index (χ3n) is 2.44. The molecule has 0 aliphatic carbocycles. The SMILES string of the molecule is O=C(O)c1ccccc1.O=C[C@H](O)[C@@H](O)[C@@H](O)[C@H](O)CO. The van der Waals surface area contributed by atoms with Crippen LogP contribution in [0.15, 0.2) is 30.3 Å². The van der Waals surface area contributed by atoms with Gasteiger partial charge in [0.2, 0.25) is 0 Å². The van der Waals surface area contributed by atoms with Crippen molar-refractivity contribution in [2.45, 2.75) is 24.4 Å². The van der Waals surface area contributed by atoms with Gasteiger partial charge in [-0.2, -0.15) is 0 Å². The van der Waals surface area contributed by atoms with Crippen molar-refractivity contribution >= 4 is 12.3 Å². The molecule has 1 aromatic rings. The van der Waals surface area contributed by atoms with Gasteiger partial charge in [-0.15, -0.1) is 0 Å². The fourth-order valence-electron chi connectivity index (χ4n) is 1.20. The van der Waals surface area contributed by atoms with E-state index < -0.39 is 37.0 Å². The van der Waals surface area contributed by atoms with Crippen LogP contribution < -0.4 is 0 Å². The Balaban J connectivity index is 0.000000394. The standard InChI is InChI=1S/C7H6O2.C6H12O6/c8-7(9)6-4-2-1-3-5-6;7-1-3(9)5(11)6(12)4(10)2-8/h1-5H,(H,8,9);1,3-6,8-12H,2H2/t;3-,4+,5+,6-/m.0/s1. The molecule has 0 radical (unpaired) electrons. The second kappa shape index (κ2) is 9.97. The van der Waals surface area contributed by atoms with Crippen molar-refractivity contribution in [1.82, 2.24) is 0 Å². The molecule has 0 fully saturated rings. The Labute approximate surface area is 120 Å². The number of rotatable bonds is 6. The highest BCUT2D eigenvalue weighted by Crippen LogP contribution is 2.03. The van der Waals surface area contributed by atoms with Crippen LogP contribution in [0.25, 0.3) is 0 Å². The van der Waals surface area contributed by atoms with Gasteiger partial charge < -0.3 is 35.4 Å². The fourth-order valence-corrected chi connectivity index (χ4v) is 1.20. The number of carboxylic acid groups (broad SMARTS) is 1. The van der Waals surface area contributed by atoms with Crippen LogP contribution in [-0.4, -0.2) is 73.9 Å². The van der Waals surface area contributed by atoms with Crippen LogP contribution in [0.2, 0.25) is 0 Å². The molecule has 0 aliphatic rings. The molecule has 0 spiro atoms. The Morgan fingerprint density at radius 3 is 1.90 bits per heavy atom. The molecule has 0 saturated carbocycles. The summed E-state index contributed by atoms with van der Waals surface area (Å²) in [5.74, 6) is -0.879. The Morgan fingerprint density at radius 2 is 1.57 bits per heavy atom. The summed E-state index contributed by atoms with van der Waals surface area (Å²) in [5, 5.41) is 51.9.